The molecule has 2 atom stereocenters. The molecule has 306 valence electrons. The molecule has 0 saturated carbocycles. The van der Waals surface area contributed by atoms with Gasteiger partial charge < -0.3 is 48.9 Å². The van der Waals surface area contributed by atoms with Crippen LogP contribution in [0, 0.1) is 0 Å². The molecule has 0 fully saturated rings. The number of nitrogens with zero attached hydrogens (tertiary/aromatic N) is 3. The van der Waals surface area contributed by atoms with Crippen molar-refractivity contribution in [3.05, 3.63) is 138 Å². The van der Waals surface area contributed by atoms with Crippen LogP contribution in [-0.2, 0) is 35.4 Å². The maximum Gasteiger partial charge on any atom is 0.407 e. The lowest BCUT2D eigenvalue weighted by Crippen LogP contribution is -2.33. The lowest BCUT2D eigenvalue weighted by atomic mass is 10.1. The van der Waals surface area contributed by atoms with Crippen LogP contribution >= 0.6 is 0 Å². The second kappa shape index (κ2) is 21.6. The molecule has 58 heavy (non-hydrogen) atoms. The number of carbonyl (C=O) groups excluding carboxylic acids is 2. The molecule has 1 heterocycles. The number of amides is 2. The van der Waals surface area contributed by atoms with Gasteiger partial charge in [0.1, 0.15) is 36.9 Å². The molecule has 5 rings (SSSR count). The molecule has 2 N–H and O–H groups in total. The Hall–Kier alpha value is -6.63. The van der Waals surface area contributed by atoms with E-state index in [2.05, 4.69) is 15.6 Å². The fourth-order valence-corrected chi connectivity index (χ4v) is 5.79. The van der Waals surface area contributed by atoms with E-state index in [0.29, 0.717) is 25.9 Å². The zero-order valence-electron chi connectivity index (χ0n) is 34.0. The fraction of sp³-hybridized carbons (Fsp3) is 0.311. The van der Waals surface area contributed by atoms with Crippen LogP contribution in [0.3, 0.4) is 0 Å². The Morgan fingerprint density at radius 1 is 0.534 bits per heavy atom. The van der Waals surface area contributed by atoms with Gasteiger partial charge in [-0.05, 0) is 70.8 Å². The van der Waals surface area contributed by atoms with E-state index in [9.17, 15) is 9.59 Å². The minimum Gasteiger partial charge on any atom is -0.497 e. The van der Waals surface area contributed by atoms with E-state index in [1.54, 1.807) is 32.4 Å². The van der Waals surface area contributed by atoms with Gasteiger partial charge in [-0.25, -0.2) is 9.59 Å². The third-order valence-electron chi connectivity index (χ3n) is 9.10. The standard InChI is InChI=1S/C45H53N5O8/c1-49(2)36-18-10-34(11-19-36)28-46-44(51)57-40(26-32-14-22-38(53-5)23-15-32)30-55-42-8-7-9-43(48-42)56-31-41(27-33-16-24-39(54-6)25-17-33)58-45(52)47-29-35-12-20-37(21-13-35)50(3)4/h7-25,40-41H,26-31H2,1-6H3,(H,46,51)(H,47,52). The van der Waals surface area contributed by atoms with Crippen molar-refractivity contribution in [2.24, 2.45) is 0 Å². The molecule has 0 aliphatic heterocycles. The summed E-state index contributed by atoms with van der Waals surface area (Å²) in [6.07, 6.45) is -1.67. The Morgan fingerprint density at radius 3 is 1.24 bits per heavy atom. The maximum atomic E-state index is 13.0. The quantitative estimate of drug-likeness (QED) is 0.0840. The van der Waals surface area contributed by atoms with Crippen LogP contribution in [0.15, 0.2) is 115 Å². The van der Waals surface area contributed by atoms with Crippen molar-refractivity contribution in [2.75, 3.05) is 65.4 Å². The average Bonchev–Trinajstić information content (AvgIpc) is 3.24. The normalized spacial score (nSPS) is 11.7. The number of anilines is 2. The number of pyridine rings is 1. The highest BCUT2D eigenvalue weighted by Gasteiger charge is 2.20. The van der Waals surface area contributed by atoms with Gasteiger partial charge in [0.2, 0.25) is 11.8 Å². The number of nitrogens with one attached hydrogen (secondary N) is 2. The first-order valence-electron chi connectivity index (χ1n) is 19.0. The lowest BCUT2D eigenvalue weighted by Gasteiger charge is -2.20. The van der Waals surface area contributed by atoms with E-state index in [4.69, 9.17) is 28.4 Å². The Balaban J connectivity index is 1.20. The summed E-state index contributed by atoms with van der Waals surface area (Å²) in [6, 6.07) is 36.0. The van der Waals surface area contributed by atoms with E-state index in [-0.39, 0.29) is 25.0 Å². The molecule has 1 aromatic heterocycles. The Morgan fingerprint density at radius 2 is 0.897 bits per heavy atom. The number of hydrogen-bond acceptors (Lipinski definition) is 11. The number of methoxy groups -OCH3 is 2. The van der Waals surface area contributed by atoms with Crippen molar-refractivity contribution in [3.8, 4) is 23.3 Å². The van der Waals surface area contributed by atoms with Gasteiger partial charge in [0.25, 0.3) is 0 Å². The predicted octanol–water partition coefficient (Wildman–Crippen LogP) is 7.06. The first-order valence-corrected chi connectivity index (χ1v) is 19.0. The summed E-state index contributed by atoms with van der Waals surface area (Å²) in [5.74, 6) is 1.99. The smallest absolute Gasteiger partial charge is 0.407 e. The van der Waals surface area contributed by atoms with Gasteiger partial charge in [-0.1, -0.05) is 54.6 Å². The minimum atomic E-state index is -0.650. The van der Waals surface area contributed by atoms with Crippen LogP contribution in [0.2, 0.25) is 0 Å². The van der Waals surface area contributed by atoms with Gasteiger partial charge in [-0.3, -0.25) is 0 Å². The first-order chi connectivity index (χ1) is 28.1. The summed E-state index contributed by atoms with van der Waals surface area (Å²) in [7, 11) is 11.1. The Kier molecular flexibility index (Phi) is 15.8. The highest BCUT2D eigenvalue weighted by Crippen LogP contribution is 2.20. The molecular weight excluding hydrogens is 739 g/mol. The van der Waals surface area contributed by atoms with Crippen molar-refractivity contribution in [1.29, 1.82) is 0 Å². The summed E-state index contributed by atoms with van der Waals surface area (Å²) in [5, 5.41) is 5.68. The predicted molar refractivity (Wildman–Crippen MR) is 224 cm³/mol. The summed E-state index contributed by atoms with van der Waals surface area (Å²) in [6.45, 7) is 0.655. The Labute approximate surface area is 340 Å². The van der Waals surface area contributed by atoms with Crippen LogP contribution < -0.4 is 39.4 Å². The number of benzene rings is 4. The molecule has 13 heteroatoms. The molecule has 0 aliphatic rings. The molecule has 2 unspecified atom stereocenters. The third kappa shape index (κ3) is 13.8. The van der Waals surface area contributed by atoms with E-state index in [0.717, 1.165) is 45.1 Å². The number of rotatable bonds is 20. The van der Waals surface area contributed by atoms with Crippen LogP contribution in [0.1, 0.15) is 22.3 Å². The monoisotopic (exact) mass is 791 g/mol. The minimum absolute atomic E-state index is 0.0225. The summed E-state index contributed by atoms with van der Waals surface area (Å²) >= 11 is 0. The van der Waals surface area contributed by atoms with E-state index in [1.165, 1.54) is 0 Å². The molecule has 4 aromatic carbocycles. The second-order valence-corrected chi connectivity index (χ2v) is 13.9. The van der Waals surface area contributed by atoms with Gasteiger partial charge in [0, 0.05) is 77.6 Å². The highest BCUT2D eigenvalue weighted by molar-refractivity contribution is 5.68. The topological polar surface area (TPSA) is 133 Å². The van der Waals surface area contributed by atoms with Crippen LogP contribution in [0.5, 0.6) is 23.3 Å². The van der Waals surface area contributed by atoms with E-state index >= 15 is 0 Å². The van der Waals surface area contributed by atoms with Gasteiger partial charge in [0.15, 0.2) is 0 Å². The fourth-order valence-electron chi connectivity index (χ4n) is 5.79. The molecule has 5 aromatic rings. The number of carbonyl (C=O) groups is 2. The SMILES string of the molecule is COc1ccc(CC(COc2cccc(OCC(Cc3ccc(OC)cc3)OC(=O)NCc3ccc(N(C)C)cc3)n2)OC(=O)NCc2ccc(N(C)C)cc2)cc1. The molecule has 0 saturated heterocycles. The van der Waals surface area contributed by atoms with Gasteiger partial charge in [-0.2, -0.15) is 4.98 Å². The van der Waals surface area contributed by atoms with Crippen molar-refractivity contribution < 1.29 is 38.0 Å². The molecule has 0 spiro atoms. The second-order valence-electron chi connectivity index (χ2n) is 13.9. The molecule has 0 aliphatic carbocycles. The van der Waals surface area contributed by atoms with Crippen molar-refractivity contribution >= 4 is 23.6 Å². The van der Waals surface area contributed by atoms with Crippen molar-refractivity contribution in [3.63, 3.8) is 0 Å². The van der Waals surface area contributed by atoms with Crippen molar-refractivity contribution in [2.45, 2.75) is 38.1 Å². The third-order valence-corrected chi connectivity index (χ3v) is 9.10. The summed E-state index contributed by atoms with van der Waals surface area (Å²) in [5.41, 5.74) is 5.87. The lowest BCUT2D eigenvalue weighted by molar-refractivity contribution is 0.0605. The van der Waals surface area contributed by atoms with Crippen LogP contribution in [0.25, 0.3) is 0 Å². The number of ether oxygens (including phenoxy) is 6. The van der Waals surface area contributed by atoms with Gasteiger partial charge >= 0.3 is 12.2 Å². The number of aromatic nitrogens is 1. The van der Waals surface area contributed by atoms with Gasteiger partial charge in [-0.15, -0.1) is 0 Å². The summed E-state index contributed by atoms with van der Waals surface area (Å²) < 4.78 is 34.5. The van der Waals surface area contributed by atoms with E-state index in [1.807, 2.05) is 135 Å². The Bertz CT molecular complexity index is 1870. The number of alkyl carbamates (subject to hydrolysis) is 2. The molecule has 0 radical (unpaired) electrons. The first kappa shape index (κ1) is 42.5. The van der Waals surface area contributed by atoms with Crippen LogP contribution in [0.4, 0.5) is 21.0 Å². The highest BCUT2D eigenvalue weighted by atomic mass is 16.6. The molecule has 2 amide bonds. The van der Waals surface area contributed by atoms with Crippen molar-refractivity contribution in [1.82, 2.24) is 15.6 Å². The largest absolute Gasteiger partial charge is 0.497 e. The zero-order valence-corrected chi connectivity index (χ0v) is 34.0. The average molecular weight is 792 g/mol. The van der Waals surface area contributed by atoms with Crippen LogP contribution in [-0.4, -0.2) is 85.0 Å². The summed E-state index contributed by atoms with van der Waals surface area (Å²) in [4.78, 5) is 34.5. The van der Waals surface area contributed by atoms with E-state index < -0.39 is 24.4 Å². The van der Waals surface area contributed by atoms with Gasteiger partial charge in [0.05, 0.1) is 14.2 Å². The molecular formula is C45H53N5O8. The number of hydrogen-bond donors (Lipinski definition) is 2. The molecule has 13 nitrogen and oxygen atoms in total. The zero-order chi connectivity index (χ0) is 41.3. The maximum absolute atomic E-state index is 13.0. The molecule has 0 bridgehead atoms.